The highest BCUT2D eigenvalue weighted by Gasteiger charge is 2.30. The van der Waals surface area contributed by atoms with Gasteiger partial charge >= 0.3 is 0 Å². The zero-order valence-corrected chi connectivity index (χ0v) is 9.91. The Morgan fingerprint density at radius 3 is 3.17 bits per heavy atom. The van der Waals surface area contributed by atoms with Crippen LogP contribution in [0.15, 0.2) is 31.0 Å². The minimum Gasteiger partial charge on any atom is -0.502 e. The number of carbonyl (C=O) groups excluding carboxylic acids is 1. The van der Waals surface area contributed by atoms with E-state index in [-0.39, 0.29) is 11.7 Å². The van der Waals surface area contributed by atoms with Crippen molar-refractivity contribution >= 4 is 11.6 Å². The SMILES string of the molecule is C=COCCCNC1C(=O)Nc2ccc(F)cc21. The highest BCUT2D eigenvalue weighted by molar-refractivity contribution is 6.02. The monoisotopic (exact) mass is 250 g/mol. The summed E-state index contributed by atoms with van der Waals surface area (Å²) in [5.74, 6) is -0.493. The van der Waals surface area contributed by atoms with Crippen LogP contribution in [0.3, 0.4) is 0 Å². The second kappa shape index (κ2) is 5.64. The molecule has 0 aliphatic carbocycles. The third-order valence-electron chi connectivity index (χ3n) is 2.75. The van der Waals surface area contributed by atoms with E-state index in [1.807, 2.05) is 0 Å². The van der Waals surface area contributed by atoms with E-state index in [4.69, 9.17) is 4.74 Å². The average Bonchev–Trinajstić information content (AvgIpc) is 2.65. The number of halogens is 1. The van der Waals surface area contributed by atoms with Crippen molar-refractivity contribution in [2.24, 2.45) is 0 Å². The summed E-state index contributed by atoms with van der Waals surface area (Å²) in [5.41, 5.74) is 1.32. The van der Waals surface area contributed by atoms with Crippen LogP contribution in [0.2, 0.25) is 0 Å². The number of nitrogens with one attached hydrogen (secondary N) is 2. The molecular weight excluding hydrogens is 235 g/mol. The van der Waals surface area contributed by atoms with Gasteiger partial charge in [-0.3, -0.25) is 4.79 Å². The molecule has 5 heteroatoms. The number of ether oxygens (including phenoxy) is 1. The number of anilines is 1. The average molecular weight is 250 g/mol. The number of amides is 1. The smallest absolute Gasteiger partial charge is 0.246 e. The fourth-order valence-corrected chi connectivity index (χ4v) is 1.92. The van der Waals surface area contributed by atoms with Gasteiger partial charge in [0.15, 0.2) is 0 Å². The van der Waals surface area contributed by atoms with Crippen LogP contribution in [-0.2, 0) is 9.53 Å². The van der Waals surface area contributed by atoms with Gasteiger partial charge in [-0.05, 0) is 31.2 Å². The predicted molar refractivity (Wildman–Crippen MR) is 66.5 cm³/mol. The number of fused-ring (bicyclic) bond motifs is 1. The predicted octanol–water partition coefficient (Wildman–Crippen LogP) is 1.96. The molecule has 96 valence electrons. The Balaban J connectivity index is 1.95. The zero-order valence-electron chi connectivity index (χ0n) is 9.91. The molecule has 1 unspecified atom stereocenters. The maximum atomic E-state index is 13.2. The highest BCUT2D eigenvalue weighted by atomic mass is 19.1. The topological polar surface area (TPSA) is 50.4 Å². The Morgan fingerprint density at radius 2 is 2.39 bits per heavy atom. The molecule has 1 aromatic rings. The molecule has 0 bridgehead atoms. The first kappa shape index (κ1) is 12.6. The molecule has 1 aliphatic heterocycles. The molecule has 1 aliphatic rings. The third kappa shape index (κ3) is 2.68. The van der Waals surface area contributed by atoms with Crippen molar-refractivity contribution in [3.8, 4) is 0 Å². The molecule has 2 N–H and O–H groups in total. The van der Waals surface area contributed by atoms with E-state index in [1.54, 1.807) is 6.07 Å². The number of hydrogen-bond donors (Lipinski definition) is 2. The summed E-state index contributed by atoms with van der Waals surface area (Å²) in [6.07, 6.45) is 2.13. The minimum absolute atomic E-state index is 0.153. The van der Waals surface area contributed by atoms with Gasteiger partial charge in [0.2, 0.25) is 5.91 Å². The molecule has 0 aromatic heterocycles. The van der Waals surface area contributed by atoms with Crippen LogP contribution in [-0.4, -0.2) is 19.1 Å². The van der Waals surface area contributed by atoms with Crippen LogP contribution in [0.5, 0.6) is 0 Å². The number of benzene rings is 1. The van der Waals surface area contributed by atoms with Crippen molar-refractivity contribution in [2.75, 3.05) is 18.5 Å². The van der Waals surface area contributed by atoms with E-state index in [0.717, 1.165) is 6.42 Å². The van der Waals surface area contributed by atoms with E-state index >= 15 is 0 Å². The first-order valence-electron chi connectivity index (χ1n) is 5.78. The van der Waals surface area contributed by atoms with Gasteiger partial charge in [-0.15, -0.1) is 0 Å². The fourth-order valence-electron chi connectivity index (χ4n) is 1.92. The first-order chi connectivity index (χ1) is 8.72. The normalized spacial score (nSPS) is 17.2. The first-order valence-corrected chi connectivity index (χ1v) is 5.78. The molecule has 1 heterocycles. The van der Waals surface area contributed by atoms with Gasteiger partial charge in [-0.1, -0.05) is 6.58 Å². The second-order valence-electron chi connectivity index (χ2n) is 4.00. The molecule has 0 saturated heterocycles. The van der Waals surface area contributed by atoms with Crippen molar-refractivity contribution in [1.29, 1.82) is 0 Å². The Hall–Kier alpha value is -1.88. The molecule has 1 atom stereocenters. The van der Waals surface area contributed by atoms with Crippen molar-refractivity contribution in [3.05, 3.63) is 42.4 Å². The number of rotatable bonds is 6. The van der Waals surface area contributed by atoms with Crippen molar-refractivity contribution < 1.29 is 13.9 Å². The summed E-state index contributed by atoms with van der Waals surface area (Å²) >= 11 is 0. The summed E-state index contributed by atoms with van der Waals surface area (Å²) in [7, 11) is 0. The summed E-state index contributed by atoms with van der Waals surface area (Å²) in [6, 6.07) is 3.80. The lowest BCUT2D eigenvalue weighted by molar-refractivity contribution is -0.117. The van der Waals surface area contributed by atoms with E-state index < -0.39 is 6.04 Å². The van der Waals surface area contributed by atoms with Crippen molar-refractivity contribution in [3.63, 3.8) is 0 Å². The lowest BCUT2D eigenvalue weighted by atomic mass is 10.1. The quantitative estimate of drug-likeness (QED) is 0.599. The van der Waals surface area contributed by atoms with Gasteiger partial charge in [0.05, 0.1) is 12.9 Å². The van der Waals surface area contributed by atoms with E-state index in [2.05, 4.69) is 17.2 Å². The summed E-state index contributed by atoms with van der Waals surface area (Å²) in [6.45, 7) is 4.59. The van der Waals surface area contributed by atoms with Gasteiger partial charge in [0.25, 0.3) is 0 Å². The van der Waals surface area contributed by atoms with Gasteiger partial charge in [-0.25, -0.2) is 4.39 Å². The van der Waals surface area contributed by atoms with Gasteiger partial charge < -0.3 is 15.4 Å². The molecule has 1 amide bonds. The van der Waals surface area contributed by atoms with E-state index in [0.29, 0.717) is 24.4 Å². The summed E-state index contributed by atoms with van der Waals surface area (Å²) < 4.78 is 18.1. The van der Waals surface area contributed by atoms with Crippen LogP contribution in [0.25, 0.3) is 0 Å². The van der Waals surface area contributed by atoms with Crippen LogP contribution in [0, 0.1) is 5.82 Å². The zero-order chi connectivity index (χ0) is 13.0. The summed E-state index contributed by atoms with van der Waals surface area (Å²) in [4.78, 5) is 11.7. The molecule has 0 fully saturated rings. The van der Waals surface area contributed by atoms with Gasteiger partial charge in [0.1, 0.15) is 11.9 Å². The van der Waals surface area contributed by atoms with Crippen LogP contribution in [0.4, 0.5) is 10.1 Å². The Labute approximate surface area is 105 Å². The molecule has 4 nitrogen and oxygen atoms in total. The molecule has 0 saturated carbocycles. The second-order valence-corrected chi connectivity index (χ2v) is 4.00. The highest BCUT2D eigenvalue weighted by Crippen LogP contribution is 2.30. The minimum atomic E-state index is -0.487. The Kier molecular flexibility index (Phi) is 3.94. The molecule has 1 aromatic carbocycles. The van der Waals surface area contributed by atoms with Gasteiger partial charge in [0, 0.05) is 11.3 Å². The fraction of sp³-hybridized carbons (Fsp3) is 0.308. The largest absolute Gasteiger partial charge is 0.502 e. The number of hydrogen-bond acceptors (Lipinski definition) is 3. The molecule has 2 rings (SSSR count). The maximum absolute atomic E-state index is 13.2. The number of carbonyl (C=O) groups is 1. The maximum Gasteiger partial charge on any atom is 0.246 e. The van der Waals surface area contributed by atoms with Gasteiger partial charge in [-0.2, -0.15) is 0 Å². The van der Waals surface area contributed by atoms with Crippen LogP contribution in [0.1, 0.15) is 18.0 Å². The van der Waals surface area contributed by atoms with Crippen LogP contribution < -0.4 is 10.6 Å². The van der Waals surface area contributed by atoms with E-state index in [1.165, 1.54) is 18.4 Å². The van der Waals surface area contributed by atoms with E-state index in [9.17, 15) is 9.18 Å². The Morgan fingerprint density at radius 1 is 1.56 bits per heavy atom. The molecule has 0 spiro atoms. The lowest BCUT2D eigenvalue weighted by Gasteiger charge is -2.11. The lowest BCUT2D eigenvalue weighted by Crippen LogP contribution is -2.28. The van der Waals surface area contributed by atoms with Crippen molar-refractivity contribution in [1.82, 2.24) is 5.32 Å². The Bertz CT molecular complexity index is 462. The standard InChI is InChI=1S/C13H15FN2O2/c1-2-18-7-3-6-15-12-10-8-9(14)4-5-11(10)16-13(12)17/h2,4-5,8,12,15H,1,3,6-7H2,(H,16,17). The molecular formula is C13H15FN2O2. The molecule has 18 heavy (non-hydrogen) atoms. The van der Waals surface area contributed by atoms with Crippen LogP contribution >= 0.6 is 0 Å². The summed E-state index contributed by atoms with van der Waals surface area (Å²) in [5, 5.41) is 5.79. The molecule has 0 radical (unpaired) electrons. The third-order valence-corrected chi connectivity index (χ3v) is 2.75. The van der Waals surface area contributed by atoms with Crippen molar-refractivity contribution in [2.45, 2.75) is 12.5 Å².